The zero-order chi connectivity index (χ0) is 14.7. The number of furan rings is 1. The van der Waals surface area contributed by atoms with Crippen molar-refractivity contribution in [3.8, 4) is 5.75 Å². The molecule has 0 unspecified atom stereocenters. The molecule has 0 aliphatic rings. The third-order valence-electron chi connectivity index (χ3n) is 3.09. The summed E-state index contributed by atoms with van der Waals surface area (Å²) < 4.78 is 12.0. The fourth-order valence-corrected chi connectivity index (χ4v) is 2.83. The summed E-state index contributed by atoms with van der Waals surface area (Å²) in [7, 11) is 1.59. The van der Waals surface area contributed by atoms with E-state index in [1.165, 1.54) is 0 Å². The lowest BCUT2D eigenvalue weighted by Gasteiger charge is -2.06. The van der Waals surface area contributed by atoms with Crippen LogP contribution in [0.15, 0.2) is 52.1 Å². The molecule has 0 aliphatic carbocycles. The van der Waals surface area contributed by atoms with E-state index in [1.54, 1.807) is 54.2 Å². The van der Waals surface area contributed by atoms with E-state index in [2.05, 4.69) is 4.98 Å². The van der Waals surface area contributed by atoms with Crippen LogP contribution < -0.4 is 10.3 Å². The highest BCUT2D eigenvalue weighted by Gasteiger charge is 2.06. The SMILES string of the molecule is COc1ccc2c(=O)n(CSCc3ccco3)cnc2c1. The fourth-order valence-electron chi connectivity index (χ4n) is 2.00. The Hall–Kier alpha value is -2.21. The molecule has 0 amide bonds. The summed E-state index contributed by atoms with van der Waals surface area (Å²) in [6.07, 6.45) is 3.21. The van der Waals surface area contributed by atoms with Crippen LogP contribution in [0.3, 0.4) is 0 Å². The number of thioether (sulfide) groups is 1. The number of aromatic nitrogens is 2. The Morgan fingerprint density at radius 3 is 3.05 bits per heavy atom. The van der Waals surface area contributed by atoms with E-state index >= 15 is 0 Å². The molecule has 3 rings (SSSR count). The third kappa shape index (κ3) is 2.95. The number of methoxy groups -OCH3 is 1. The van der Waals surface area contributed by atoms with E-state index in [-0.39, 0.29) is 5.56 Å². The van der Waals surface area contributed by atoms with Gasteiger partial charge in [-0.1, -0.05) is 0 Å². The van der Waals surface area contributed by atoms with Crippen LogP contribution in [0, 0.1) is 0 Å². The van der Waals surface area contributed by atoms with Crippen molar-refractivity contribution in [2.45, 2.75) is 11.6 Å². The molecule has 0 radical (unpaired) electrons. The second-order valence-corrected chi connectivity index (χ2v) is 5.41. The molecule has 0 fully saturated rings. The minimum Gasteiger partial charge on any atom is -0.497 e. The minimum absolute atomic E-state index is 0.0467. The summed E-state index contributed by atoms with van der Waals surface area (Å²) in [6, 6.07) is 9.05. The van der Waals surface area contributed by atoms with Gasteiger partial charge in [0.1, 0.15) is 11.5 Å². The molecule has 0 N–H and O–H groups in total. The Morgan fingerprint density at radius 2 is 2.29 bits per heavy atom. The Kier molecular flexibility index (Phi) is 3.96. The number of ether oxygens (including phenoxy) is 1. The summed E-state index contributed by atoms with van der Waals surface area (Å²) in [5.41, 5.74) is 0.598. The Balaban J connectivity index is 1.79. The van der Waals surface area contributed by atoms with Gasteiger partial charge in [-0.05, 0) is 24.3 Å². The van der Waals surface area contributed by atoms with Gasteiger partial charge in [0, 0.05) is 6.07 Å². The first-order valence-electron chi connectivity index (χ1n) is 6.41. The highest BCUT2D eigenvalue weighted by Crippen LogP contribution is 2.17. The van der Waals surface area contributed by atoms with Gasteiger partial charge in [-0.3, -0.25) is 9.36 Å². The van der Waals surface area contributed by atoms with E-state index in [0.29, 0.717) is 22.5 Å². The molecule has 1 aromatic carbocycles. The standard InChI is InChI=1S/C15H14N2O3S/c1-19-11-4-5-13-14(7-11)16-9-17(15(13)18)10-21-8-12-3-2-6-20-12/h2-7,9H,8,10H2,1H3. The summed E-state index contributed by atoms with van der Waals surface area (Å²) in [5, 5.41) is 0.594. The van der Waals surface area contributed by atoms with Crippen molar-refractivity contribution in [1.82, 2.24) is 9.55 Å². The molecule has 3 aromatic rings. The molecule has 0 saturated carbocycles. The van der Waals surface area contributed by atoms with E-state index in [9.17, 15) is 4.79 Å². The van der Waals surface area contributed by atoms with Crippen LogP contribution in [-0.2, 0) is 11.6 Å². The topological polar surface area (TPSA) is 57.3 Å². The highest BCUT2D eigenvalue weighted by molar-refractivity contribution is 7.97. The largest absolute Gasteiger partial charge is 0.497 e. The van der Waals surface area contributed by atoms with E-state index in [1.807, 2.05) is 12.1 Å². The molecular weight excluding hydrogens is 288 g/mol. The first-order valence-corrected chi connectivity index (χ1v) is 7.57. The van der Waals surface area contributed by atoms with Crippen LogP contribution in [0.1, 0.15) is 5.76 Å². The van der Waals surface area contributed by atoms with Crippen molar-refractivity contribution in [2.75, 3.05) is 7.11 Å². The lowest BCUT2D eigenvalue weighted by Crippen LogP contribution is -2.19. The maximum absolute atomic E-state index is 12.4. The number of hydrogen-bond donors (Lipinski definition) is 0. The van der Waals surface area contributed by atoms with E-state index < -0.39 is 0 Å². The van der Waals surface area contributed by atoms with Crippen molar-refractivity contribution in [1.29, 1.82) is 0 Å². The quantitative estimate of drug-likeness (QED) is 0.725. The molecule has 0 atom stereocenters. The zero-order valence-electron chi connectivity index (χ0n) is 11.5. The van der Waals surface area contributed by atoms with Crippen molar-refractivity contribution in [3.63, 3.8) is 0 Å². The number of benzene rings is 1. The van der Waals surface area contributed by atoms with Gasteiger partial charge in [0.05, 0.1) is 42.2 Å². The van der Waals surface area contributed by atoms with Crippen molar-refractivity contribution < 1.29 is 9.15 Å². The first-order chi connectivity index (χ1) is 10.3. The van der Waals surface area contributed by atoms with Crippen molar-refractivity contribution in [2.24, 2.45) is 0 Å². The lowest BCUT2D eigenvalue weighted by atomic mass is 10.2. The van der Waals surface area contributed by atoms with Crippen LogP contribution >= 0.6 is 11.8 Å². The van der Waals surface area contributed by atoms with Gasteiger partial charge in [-0.2, -0.15) is 0 Å². The summed E-state index contributed by atoms with van der Waals surface area (Å²) in [5.74, 6) is 2.85. The molecule has 5 nitrogen and oxygen atoms in total. The van der Waals surface area contributed by atoms with Gasteiger partial charge >= 0.3 is 0 Å². The highest BCUT2D eigenvalue weighted by atomic mass is 32.2. The monoisotopic (exact) mass is 302 g/mol. The van der Waals surface area contributed by atoms with E-state index in [0.717, 1.165) is 11.5 Å². The van der Waals surface area contributed by atoms with Crippen molar-refractivity contribution in [3.05, 3.63) is 59.0 Å². The molecule has 2 heterocycles. The molecule has 2 aromatic heterocycles. The fraction of sp³-hybridized carbons (Fsp3) is 0.200. The maximum atomic E-state index is 12.4. The molecule has 0 spiro atoms. The predicted molar refractivity (Wildman–Crippen MR) is 82.6 cm³/mol. The number of fused-ring (bicyclic) bond motifs is 1. The average Bonchev–Trinajstić information content (AvgIpc) is 3.02. The Bertz CT molecular complexity index is 796. The normalized spacial score (nSPS) is 10.9. The molecule has 0 bridgehead atoms. The third-order valence-corrected chi connectivity index (χ3v) is 4.04. The predicted octanol–water partition coefficient (Wildman–Crippen LogP) is 2.89. The maximum Gasteiger partial charge on any atom is 0.261 e. The van der Waals surface area contributed by atoms with Gasteiger partial charge in [0.15, 0.2) is 0 Å². The van der Waals surface area contributed by atoms with Crippen LogP contribution in [0.2, 0.25) is 0 Å². The molecular formula is C15H14N2O3S. The molecule has 0 saturated heterocycles. The van der Waals surface area contributed by atoms with Crippen LogP contribution in [0.25, 0.3) is 10.9 Å². The summed E-state index contributed by atoms with van der Waals surface area (Å²) in [4.78, 5) is 16.7. The first kappa shape index (κ1) is 13.8. The Labute approximate surface area is 125 Å². The van der Waals surface area contributed by atoms with Crippen LogP contribution in [0.5, 0.6) is 5.75 Å². The minimum atomic E-state index is -0.0467. The van der Waals surface area contributed by atoms with Crippen molar-refractivity contribution >= 4 is 22.7 Å². The number of rotatable bonds is 5. The molecule has 6 heteroatoms. The van der Waals surface area contributed by atoms with Gasteiger partial charge in [0.25, 0.3) is 5.56 Å². The molecule has 108 valence electrons. The van der Waals surface area contributed by atoms with Gasteiger partial charge in [0.2, 0.25) is 0 Å². The second kappa shape index (κ2) is 6.05. The zero-order valence-corrected chi connectivity index (χ0v) is 12.3. The smallest absolute Gasteiger partial charge is 0.261 e. The van der Waals surface area contributed by atoms with Gasteiger partial charge in [-0.25, -0.2) is 4.98 Å². The van der Waals surface area contributed by atoms with Gasteiger partial charge < -0.3 is 9.15 Å². The van der Waals surface area contributed by atoms with Gasteiger partial charge in [-0.15, -0.1) is 11.8 Å². The number of hydrogen-bond acceptors (Lipinski definition) is 5. The Morgan fingerprint density at radius 1 is 1.38 bits per heavy atom. The van der Waals surface area contributed by atoms with Crippen LogP contribution in [0.4, 0.5) is 0 Å². The summed E-state index contributed by atoms with van der Waals surface area (Å²) >= 11 is 1.60. The van der Waals surface area contributed by atoms with E-state index in [4.69, 9.17) is 9.15 Å². The average molecular weight is 302 g/mol. The second-order valence-electron chi connectivity index (χ2n) is 4.46. The molecule has 0 aliphatic heterocycles. The van der Waals surface area contributed by atoms with Crippen LogP contribution in [-0.4, -0.2) is 16.7 Å². The molecule has 21 heavy (non-hydrogen) atoms. The number of nitrogens with zero attached hydrogens (tertiary/aromatic N) is 2. The lowest BCUT2D eigenvalue weighted by molar-refractivity contribution is 0.415. The summed E-state index contributed by atoms with van der Waals surface area (Å²) in [6.45, 7) is 0.